The molecule has 1 N–H and O–H groups in total. The van der Waals surface area contributed by atoms with Crippen LogP contribution in [0.2, 0.25) is 0 Å². The summed E-state index contributed by atoms with van der Waals surface area (Å²) in [6.45, 7) is 4.99. The molecule has 0 bridgehead atoms. The van der Waals surface area contributed by atoms with E-state index in [2.05, 4.69) is 4.98 Å². The Balaban J connectivity index is 1.85. The van der Waals surface area contributed by atoms with E-state index < -0.39 is 5.97 Å². The molecule has 0 aliphatic carbocycles. The summed E-state index contributed by atoms with van der Waals surface area (Å²) >= 11 is 1.45. The quantitative estimate of drug-likeness (QED) is 0.939. The van der Waals surface area contributed by atoms with Crippen LogP contribution in [0.25, 0.3) is 0 Å². The molecule has 23 heavy (non-hydrogen) atoms. The first-order valence-electron chi connectivity index (χ1n) is 7.60. The zero-order valence-corrected chi connectivity index (χ0v) is 13.9. The molecular weight excluding hydrogens is 312 g/mol. The fourth-order valence-electron chi connectivity index (χ4n) is 2.81. The molecule has 1 aliphatic rings. The maximum atomic E-state index is 12.8. The molecule has 0 atom stereocenters. The van der Waals surface area contributed by atoms with Crippen LogP contribution in [0.1, 0.15) is 48.8 Å². The van der Waals surface area contributed by atoms with E-state index in [1.165, 1.54) is 11.3 Å². The van der Waals surface area contributed by atoms with Crippen molar-refractivity contribution in [3.63, 3.8) is 0 Å². The largest absolute Gasteiger partial charge is 0.478 e. The summed E-state index contributed by atoms with van der Waals surface area (Å²) in [6, 6.07) is 5.15. The molecular formula is C17H18N2O3S. The highest BCUT2D eigenvalue weighted by Crippen LogP contribution is 2.25. The minimum Gasteiger partial charge on any atom is -0.478 e. The first-order valence-corrected chi connectivity index (χ1v) is 8.42. The van der Waals surface area contributed by atoms with Gasteiger partial charge in [-0.1, -0.05) is 13.0 Å². The number of nitrogens with zero attached hydrogens (tertiary/aromatic N) is 2. The van der Waals surface area contributed by atoms with E-state index in [1.54, 1.807) is 17.0 Å². The van der Waals surface area contributed by atoms with Gasteiger partial charge in [0.25, 0.3) is 5.91 Å². The topological polar surface area (TPSA) is 70.5 Å². The van der Waals surface area contributed by atoms with Gasteiger partial charge >= 0.3 is 5.97 Å². The number of carbonyl (C=O) groups is 2. The molecule has 0 fully saturated rings. The molecule has 120 valence electrons. The van der Waals surface area contributed by atoms with Crippen LogP contribution in [-0.2, 0) is 19.4 Å². The molecule has 0 radical (unpaired) electrons. The molecule has 0 unspecified atom stereocenters. The number of carboxylic acid groups (broad SMARTS) is 1. The second kappa shape index (κ2) is 6.12. The van der Waals surface area contributed by atoms with E-state index in [0.29, 0.717) is 18.0 Å². The van der Waals surface area contributed by atoms with Gasteiger partial charge in [-0.3, -0.25) is 4.79 Å². The standard InChI is InChI=1S/C17H18N2O3S/c1-3-14-18-10(2)15(23-14)16(20)19-7-6-11-4-5-12(17(21)22)8-13(11)9-19/h4-5,8H,3,6-7,9H2,1-2H3,(H,21,22). The Morgan fingerprint density at radius 2 is 2.13 bits per heavy atom. The van der Waals surface area contributed by atoms with E-state index >= 15 is 0 Å². The van der Waals surface area contributed by atoms with Gasteiger partial charge in [0, 0.05) is 13.1 Å². The van der Waals surface area contributed by atoms with Crippen LogP contribution in [0.5, 0.6) is 0 Å². The van der Waals surface area contributed by atoms with Crippen LogP contribution in [0.3, 0.4) is 0 Å². The summed E-state index contributed by atoms with van der Waals surface area (Å²) < 4.78 is 0. The number of hydrogen-bond acceptors (Lipinski definition) is 4. The fraction of sp³-hybridized carbons (Fsp3) is 0.353. The van der Waals surface area contributed by atoms with Crippen LogP contribution in [0.15, 0.2) is 18.2 Å². The van der Waals surface area contributed by atoms with E-state index in [4.69, 9.17) is 5.11 Å². The molecule has 1 aromatic heterocycles. The Kier molecular flexibility index (Phi) is 4.17. The van der Waals surface area contributed by atoms with Crippen molar-refractivity contribution in [1.82, 2.24) is 9.88 Å². The smallest absolute Gasteiger partial charge is 0.335 e. The van der Waals surface area contributed by atoms with Crippen molar-refractivity contribution in [3.8, 4) is 0 Å². The average molecular weight is 330 g/mol. The number of thiazole rings is 1. The van der Waals surface area contributed by atoms with Crippen molar-refractivity contribution in [2.24, 2.45) is 0 Å². The molecule has 0 saturated carbocycles. The number of carbonyl (C=O) groups excluding carboxylic acids is 1. The Morgan fingerprint density at radius 1 is 1.35 bits per heavy atom. The van der Waals surface area contributed by atoms with Crippen LogP contribution >= 0.6 is 11.3 Å². The number of aromatic nitrogens is 1. The van der Waals surface area contributed by atoms with Gasteiger partial charge in [0.15, 0.2) is 0 Å². The normalized spacial score (nSPS) is 13.7. The van der Waals surface area contributed by atoms with Crippen molar-refractivity contribution in [2.75, 3.05) is 6.54 Å². The van der Waals surface area contributed by atoms with Crippen LogP contribution < -0.4 is 0 Å². The highest BCUT2D eigenvalue weighted by molar-refractivity contribution is 7.13. The van der Waals surface area contributed by atoms with Gasteiger partial charge in [-0.15, -0.1) is 11.3 Å². The summed E-state index contributed by atoms with van der Waals surface area (Å²) in [5.74, 6) is -0.951. The van der Waals surface area contributed by atoms with Gasteiger partial charge < -0.3 is 10.0 Å². The number of carboxylic acids is 1. The first kappa shape index (κ1) is 15.7. The zero-order chi connectivity index (χ0) is 16.6. The Hall–Kier alpha value is -2.21. The molecule has 6 heteroatoms. The lowest BCUT2D eigenvalue weighted by Crippen LogP contribution is -2.36. The third kappa shape index (κ3) is 2.99. The predicted molar refractivity (Wildman–Crippen MR) is 88.1 cm³/mol. The Bertz CT molecular complexity index is 782. The van der Waals surface area contributed by atoms with E-state index in [9.17, 15) is 9.59 Å². The average Bonchev–Trinajstić information content (AvgIpc) is 2.94. The number of fused-ring (bicyclic) bond motifs is 1. The summed E-state index contributed by atoms with van der Waals surface area (Å²) in [6.07, 6.45) is 1.57. The minimum atomic E-state index is -0.942. The number of amides is 1. The van der Waals surface area contributed by atoms with Gasteiger partial charge in [0.2, 0.25) is 0 Å². The first-order chi connectivity index (χ1) is 11.0. The Morgan fingerprint density at radius 3 is 2.78 bits per heavy atom. The molecule has 1 amide bonds. The predicted octanol–water partition coefficient (Wildman–Crippen LogP) is 2.91. The van der Waals surface area contributed by atoms with Gasteiger partial charge in [0.05, 0.1) is 16.3 Å². The highest BCUT2D eigenvalue weighted by Gasteiger charge is 2.25. The number of rotatable bonds is 3. The third-order valence-electron chi connectivity index (χ3n) is 4.09. The maximum Gasteiger partial charge on any atom is 0.335 e. The van der Waals surface area contributed by atoms with Gasteiger partial charge in [-0.05, 0) is 43.0 Å². The molecule has 5 nitrogen and oxygen atoms in total. The lowest BCUT2D eigenvalue weighted by molar-refractivity contribution is 0.0696. The lowest BCUT2D eigenvalue weighted by atomic mass is 9.97. The number of aromatic carboxylic acids is 1. The number of benzene rings is 1. The highest BCUT2D eigenvalue weighted by atomic mass is 32.1. The molecule has 0 saturated heterocycles. The summed E-state index contributed by atoms with van der Waals surface area (Å²) in [4.78, 5) is 30.8. The minimum absolute atomic E-state index is 0.00826. The van der Waals surface area contributed by atoms with Crippen LogP contribution in [-0.4, -0.2) is 33.4 Å². The maximum absolute atomic E-state index is 12.8. The molecule has 0 spiro atoms. The van der Waals surface area contributed by atoms with Gasteiger partial charge in [-0.2, -0.15) is 0 Å². The molecule has 1 aromatic carbocycles. The van der Waals surface area contributed by atoms with Crippen molar-refractivity contribution in [1.29, 1.82) is 0 Å². The summed E-state index contributed by atoms with van der Waals surface area (Å²) in [7, 11) is 0. The van der Waals surface area contributed by atoms with Crippen LogP contribution in [0.4, 0.5) is 0 Å². The molecule has 1 aliphatic heterocycles. The zero-order valence-electron chi connectivity index (χ0n) is 13.1. The Labute approximate surface area is 138 Å². The number of aryl methyl sites for hydroxylation is 2. The second-order valence-electron chi connectivity index (χ2n) is 5.64. The summed E-state index contributed by atoms with van der Waals surface area (Å²) in [5, 5.41) is 10.1. The fourth-order valence-corrected chi connectivity index (χ4v) is 3.78. The monoisotopic (exact) mass is 330 g/mol. The number of hydrogen-bond donors (Lipinski definition) is 1. The van der Waals surface area contributed by atoms with E-state index in [1.807, 2.05) is 19.9 Å². The second-order valence-corrected chi connectivity index (χ2v) is 6.72. The van der Waals surface area contributed by atoms with Crippen molar-refractivity contribution in [3.05, 3.63) is 50.5 Å². The van der Waals surface area contributed by atoms with Gasteiger partial charge in [-0.25, -0.2) is 9.78 Å². The van der Waals surface area contributed by atoms with Gasteiger partial charge in [0.1, 0.15) is 4.88 Å². The SMILES string of the molecule is CCc1nc(C)c(C(=O)N2CCc3ccc(C(=O)O)cc3C2)s1. The van der Waals surface area contributed by atoms with Crippen LogP contribution in [0, 0.1) is 6.92 Å². The van der Waals surface area contributed by atoms with Crippen molar-refractivity contribution in [2.45, 2.75) is 33.2 Å². The van der Waals surface area contributed by atoms with E-state index in [-0.39, 0.29) is 11.5 Å². The molecule has 3 rings (SSSR count). The lowest BCUT2D eigenvalue weighted by Gasteiger charge is -2.28. The van der Waals surface area contributed by atoms with E-state index in [0.717, 1.165) is 34.7 Å². The third-order valence-corrected chi connectivity index (χ3v) is 5.38. The summed E-state index contributed by atoms with van der Waals surface area (Å²) in [5.41, 5.74) is 3.08. The van der Waals surface area contributed by atoms with Crippen molar-refractivity contribution >= 4 is 23.2 Å². The van der Waals surface area contributed by atoms with Crippen molar-refractivity contribution < 1.29 is 14.7 Å². The molecule has 2 aromatic rings. The molecule has 2 heterocycles.